The molecule has 0 radical (unpaired) electrons. The molecule has 0 saturated carbocycles. The minimum atomic E-state index is -0.317. The number of hydrogen-bond donors (Lipinski definition) is 1. The molecule has 5 heteroatoms. The number of primary amides is 1. The molecule has 1 aliphatic rings. The Hall–Kier alpha value is -1.33. The summed E-state index contributed by atoms with van der Waals surface area (Å²) in [7, 11) is -0.310. The fourth-order valence-corrected chi connectivity index (χ4v) is 2.68. The van der Waals surface area contributed by atoms with Gasteiger partial charge in [0.05, 0.1) is 11.2 Å². The number of amides is 1. The van der Waals surface area contributed by atoms with Gasteiger partial charge in [-0.2, -0.15) is 0 Å². The average molecular weight is 317 g/mol. The molecular weight excluding hydrogens is 289 g/mol. The van der Waals surface area contributed by atoms with Gasteiger partial charge in [-0.1, -0.05) is 30.7 Å². The number of aryl methyl sites for hydroxylation is 1. The van der Waals surface area contributed by atoms with Crippen LogP contribution in [0.15, 0.2) is 24.3 Å². The lowest BCUT2D eigenvalue weighted by Gasteiger charge is -2.32. The maximum atomic E-state index is 10.7. The molecule has 2 N–H and O–H groups in total. The maximum Gasteiger partial charge on any atom is 0.494 e. The number of unbranched alkanes of at least 4 members (excludes halogenated alkanes) is 2. The third-order valence-electron chi connectivity index (χ3n) is 4.87. The molecule has 1 heterocycles. The van der Waals surface area contributed by atoms with Gasteiger partial charge in [0.25, 0.3) is 0 Å². The first-order valence-electron chi connectivity index (χ1n) is 8.44. The average Bonchev–Trinajstić information content (AvgIpc) is 2.67. The molecule has 1 amide bonds. The van der Waals surface area contributed by atoms with Crippen LogP contribution in [0.5, 0.6) is 0 Å². The van der Waals surface area contributed by atoms with E-state index in [1.165, 1.54) is 5.56 Å². The Labute approximate surface area is 139 Å². The van der Waals surface area contributed by atoms with Gasteiger partial charge in [-0.25, -0.2) is 0 Å². The van der Waals surface area contributed by atoms with Crippen LogP contribution in [-0.4, -0.2) is 24.2 Å². The molecule has 4 nitrogen and oxygen atoms in total. The highest BCUT2D eigenvalue weighted by atomic mass is 16.7. The Morgan fingerprint density at radius 3 is 2.35 bits per heavy atom. The molecule has 1 aromatic carbocycles. The molecule has 0 aromatic heterocycles. The minimum Gasteiger partial charge on any atom is -0.399 e. The van der Waals surface area contributed by atoms with Crippen molar-refractivity contribution < 1.29 is 14.1 Å². The summed E-state index contributed by atoms with van der Waals surface area (Å²) in [4.78, 5) is 10.7. The zero-order valence-corrected chi connectivity index (χ0v) is 14.7. The van der Waals surface area contributed by atoms with Crippen LogP contribution in [0.2, 0.25) is 0 Å². The topological polar surface area (TPSA) is 61.5 Å². The van der Waals surface area contributed by atoms with Gasteiger partial charge in [-0.15, -0.1) is 0 Å². The summed E-state index contributed by atoms with van der Waals surface area (Å²) < 4.78 is 12.2. The SMILES string of the molecule is CC1(C)OB(c2cccc(CCCCCC(N)=O)c2)OC1(C)C. The Morgan fingerprint density at radius 2 is 1.74 bits per heavy atom. The first-order chi connectivity index (χ1) is 10.7. The van der Waals surface area contributed by atoms with E-state index in [0.29, 0.717) is 6.42 Å². The van der Waals surface area contributed by atoms with Gasteiger partial charge < -0.3 is 15.0 Å². The first-order valence-corrected chi connectivity index (χ1v) is 8.44. The van der Waals surface area contributed by atoms with Crippen LogP contribution in [0.25, 0.3) is 0 Å². The van der Waals surface area contributed by atoms with Crippen LogP contribution in [0.3, 0.4) is 0 Å². The molecular formula is C18H28BNO3. The Morgan fingerprint density at radius 1 is 1.09 bits per heavy atom. The molecule has 126 valence electrons. The maximum absolute atomic E-state index is 10.7. The van der Waals surface area contributed by atoms with E-state index in [4.69, 9.17) is 15.0 Å². The standard InChI is InChI=1S/C18H28BNO3/c1-17(2)18(3,4)23-19(22-17)15-11-8-10-14(13-15)9-6-5-7-12-16(20)21/h8,10-11,13H,5-7,9,12H2,1-4H3,(H2,20,21). The lowest BCUT2D eigenvalue weighted by Crippen LogP contribution is -2.41. The molecule has 1 fully saturated rings. The summed E-state index contributed by atoms with van der Waals surface area (Å²) in [5.74, 6) is -0.215. The summed E-state index contributed by atoms with van der Waals surface area (Å²) in [6, 6.07) is 8.40. The number of rotatable bonds is 7. The number of benzene rings is 1. The van der Waals surface area contributed by atoms with Crippen LogP contribution < -0.4 is 11.2 Å². The largest absolute Gasteiger partial charge is 0.494 e. The van der Waals surface area contributed by atoms with E-state index in [1.807, 2.05) is 0 Å². The molecule has 2 rings (SSSR count). The number of hydrogen-bond acceptors (Lipinski definition) is 3. The summed E-state index contributed by atoms with van der Waals surface area (Å²) in [5, 5.41) is 0. The van der Waals surface area contributed by atoms with Gasteiger partial charge in [-0.05, 0) is 58.0 Å². The zero-order chi connectivity index (χ0) is 17.1. The molecule has 1 aromatic rings. The van der Waals surface area contributed by atoms with Crippen LogP contribution in [-0.2, 0) is 20.5 Å². The fraction of sp³-hybridized carbons (Fsp3) is 0.611. The number of nitrogens with two attached hydrogens (primary N) is 1. The first kappa shape index (κ1) is 18.0. The van der Waals surface area contributed by atoms with Crippen molar-refractivity contribution in [3.63, 3.8) is 0 Å². The van der Waals surface area contributed by atoms with Crippen LogP contribution in [0, 0.1) is 0 Å². The third-order valence-corrected chi connectivity index (χ3v) is 4.87. The van der Waals surface area contributed by atoms with Crippen molar-refractivity contribution in [3.05, 3.63) is 29.8 Å². The van der Waals surface area contributed by atoms with Crippen molar-refractivity contribution in [2.24, 2.45) is 5.73 Å². The second kappa shape index (κ2) is 7.06. The molecule has 0 bridgehead atoms. The molecule has 0 unspecified atom stereocenters. The second-order valence-electron chi connectivity index (χ2n) is 7.36. The molecule has 1 aliphatic heterocycles. The Bertz CT molecular complexity index is 541. The van der Waals surface area contributed by atoms with E-state index >= 15 is 0 Å². The lowest BCUT2D eigenvalue weighted by atomic mass is 9.78. The predicted molar refractivity (Wildman–Crippen MR) is 93.5 cm³/mol. The third kappa shape index (κ3) is 4.58. The normalized spacial score (nSPS) is 19.0. The smallest absolute Gasteiger partial charge is 0.399 e. The zero-order valence-electron chi connectivity index (χ0n) is 14.7. The van der Waals surface area contributed by atoms with Gasteiger partial charge in [-0.3, -0.25) is 4.79 Å². The summed E-state index contributed by atoms with van der Waals surface area (Å²) in [6.07, 6.45) is 4.41. The van der Waals surface area contributed by atoms with Crippen molar-refractivity contribution in [3.8, 4) is 0 Å². The van der Waals surface area contributed by atoms with Crippen molar-refractivity contribution in [1.29, 1.82) is 0 Å². The monoisotopic (exact) mass is 317 g/mol. The molecule has 23 heavy (non-hydrogen) atoms. The van der Waals surface area contributed by atoms with Crippen molar-refractivity contribution >= 4 is 18.5 Å². The quantitative estimate of drug-likeness (QED) is 0.621. The van der Waals surface area contributed by atoms with Gasteiger partial charge in [0.2, 0.25) is 5.91 Å². The Kier molecular flexibility index (Phi) is 5.53. The summed E-state index contributed by atoms with van der Waals surface area (Å²) in [6.45, 7) is 8.26. The van der Waals surface area contributed by atoms with Crippen LogP contribution in [0.4, 0.5) is 0 Å². The summed E-state index contributed by atoms with van der Waals surface area (Å²) in [5.41, 5.74) is 6.86. The minimum absolute atomic E-state index is 0.215. The fourth-order valence-electron chi connectivity index (χ4n) is 2.68. The molecule has 0 atom stereocenters. The molecule has 0 spiro atoms. The number of carbonyl (C=O) groups is 1. The van der Waals surface area contributed by atoms with E-state index in [0.717, 1.165) is 31.1 Å². The van der Waals surface area contributed by atoms with Crippen LogP contribution >= 0.6 is 0 Å². The highest BCUT2D eigenvalue weighted by Gasteiger charge is 2.51. The van der Waals surface area contributed by atoms with Gasteiger partial charge >= 0.3 is 7.12 Å². The van der Waals surface area contributed by atoms with Gasteiger partial charge in [0.15, 0.2) is 0 Å². The van der Waals surface area contributed by atoms with Crippen molar-refractivity contribution in [1.82, 2.24) is 0 Å². The highest BCUT2D eigenvalue weighted by molar-refractivity contribution is 6.62. The van der Waals surface area contributed by atoms with Gasteiger partial charge in [0.1, 0.15) is 0 Å². The molecule has 0 aliphatic carbocycles. The van der Waals surface area contributed by atoms with Gasteiger partial charge in [0, 0.05) is 6.42 Å². The molecule has 1 saturated heterocycles. The van der Waals surface area contributed by atoms with E-state index in [2.05, 4.69) is 52.0 Å². The summed E-state index contributed by atoms with van der Waals surface area (Å²) >= 11 is 0. The lowest BCUT2D eigenvalue weighted by molar-refractivity contribution is -0.118. The highest BCUT2D eigenvalue weighted by Crippen LogP contribution is 2.36. The second-order valence-corrected chi connectivity index (χ2v) is 7.36. The van der Waals surface area contributed by atoms with E-state index < -0.39 is 0 Å². The van der Waals surface area contributed by atoms with Crippen molar-refractivity contribution in [2.45, 2.75) is 71.0 Å². The van der Waals surface area contributed by atoms with Crippen molar-refractivity contribution in [2.75, 3.05) is 0 Å². The van der Waals surface area contributed by atoms with E-state index in [1.54, 1.807) is 0 Å². The van der Waals surface area contributed by atoms with E-state index in [-0.39, 0.29) is 24.2 Å². The predicted octanol–water partition coefficient (Wildman–Crippen LogP) is 2.57. The Balaban J connectivity index is 1.92. The van der Waals surface area contributed by atoms with E-state index in [9.17, 15) is 4.79 Å². The number of carbonyl (C=O) groups excluding carboxylic acids is 1. The van der Waals surface area contributed by atoms with Crippen LogP contribution in [0.1, 0.15) is 58.9 Å².